The number of rotatable bonds is 4. The molecule has 0 aliphatic carbocycles. The lowest BCUT2D eigenvalue weighted by Gasteiger charge is -1.97. The van der Waals surface area contributed by atoms with E-state index in [9.17, 15) is 21.6 Å². The second kappa shape index (κ2) is 3.99. The van der Waals surface area contributed by atoms with Gasteiger partial charge in [-0.3, -0.25) is 4.55 Å². The zero-order chi connectivity index (χ0) is 9.83. The molecule has 3 nitrogen and oxygen atoms in total. The second-order valence-electron chi connectivity index (χ2n) is 2.18. The smallest absolute Gasteiger partial charge is 0.285 e. The van der Waals surface area contributed by atoms with Crippen molar-refractivity contribution in [3.8, 4) is 0 Å². The Bertz CT molecular complexity index is 219. The van der Waals surface area contributed by atoms with Crippen LogP contribution in [0.3, 0.4) is 0 Å². The van der Waals surface area contributed by atoms with Crippen molar-refractivity contribution in [1.29, 1.82) is 0 Å². The first-order valence-electron chi connectivity index (χ1n) is 3.04. The fourth-order valence-corrected chi connectivity index (χ4v) is 0.963. The van der Waals surface area contributed by atoms with E-state index in [1.54, 1.807) is 0 Å². The molecule has 7 heteroatoms. The summed E-state index contributed by atoms with van der Waals surface area (Å²) < 4.78 is 62.4. The van der Waals surface area contributed by atoms with Crippen molar-refractivity contribution in [1.82, 2.24) is 0 Å². The van der Waals surface area contributed by atoms with Crippen LogP contribution in [0.5, 0.6) is 0 Å². The maximum atomic E-state index is 11.4. The SMILES string of the molecule is O=S(=O)(O)CC[CH+]CC(F)(F)F. The lowest BCUT2D eigenvalue weighted by Crippen LogP contribution is -2.09. The van der Waals surface area contributed by atoms with E-state index >= 15 is 0 Å². The summed E-state index contributed by atoms with van der Waals surface area (Å²) in [6, 6.07) is 0. The molecule has 72 valence electrons. The lowest BCUT2D eigenvalue weighted by molar-refractivity contribution is -0.128. The van der Waals surface area contributed by atoms with Gasteiger partial charge in [0.25, 0.3) is 10.1 Å². The van der Waals surface area contributed by atoms with Gasteiger partial charge in [-0.25, -0.2) is 0 Å². The molecule has 0 aliphatic heterocycles. The van der Waals surface area contributed by atoms with Crippen LogP contribution in [0.15, 0.2) is 0 Å². The molecule has 0 aromatic carbocycles. The summed E-state index contributed by atoms with van der Waals surface area (Å²) in [5.41, 5.74) is 0. The van der Waals surface area contributed by atoms with Crippen molar-refractivity contribution < 1.29 is 26.1 Å². The summed E-state index contributed by atoms with van der Waals surface area (Å²) in [7, 11) is -4.14. The Morgan fingerprint density at radius 1 is 1.33 bits per heavy atom. The molecule has 12 heavy (non-hydrogen) atoms. The van der Waals surface area contributed by atoms with Crippen molar-refractivity contribution in [2.75, 3.05) is 5.75 Å². The highest BCUT2D eigenvalue weighted by Gasteiger charge is 2.32. The van der Waals surface area contributed by atoms with Crippen LogP contribution in [-0.4, -0.2) is 24.9 Å². The highest BCUT2D eigenvalue weighted by atomic mass is 32.2. The van der Waals surface area contributed by atoms with Gasteiger partial charge in [-0.1, -0.05) is 0 Å². The van der Waals surface area contributed by atoms with Crippen molar-refractivity contribution in [2.45, 2.75) is 19.0 Å². The van der Waals surface area contributed by atoms with E-state index in [2.05, 4.69) is 0 Å². The minimum Gasteiger partial charge on any atom is -0.285 e. The molecule has 1 N–H and O–H groups in total. The van der Waals surface area contributed by atoms with Crippen molar-refractivity contribution in [3.63, 3.8) is 0 Å². The molecule has 0 heterocycles. The van der Waals surface area contributed by atoms with Crippen LogP contribution < -0.4 is 0 Å². The van der Waals surface area contributed by atoms with Gasteiger partial charge in [-0.15, -0.1) is 0 Å². The average Bonchev–Trinajstić information content (AvgIpc) is 1.76. The molecular weight excluding hydrogens is 197 g/mol. The summed E-state index contributed by atoms with van der Waals surface area (Å²) >= 11 is 0. The molecule has 0 unspecified atom stereocenters. The summed E-state index contributed by atoms with van der Waals surface area (Å²) in [4.78, 5) is 0. The third kappa shape index (κ3) is 9.57. The first kappa shape index (κ1) is 11.6. The molecule has 0 fully saturated rings. The third-order valence-electron chi connectivity index (χ3n) is 0.956. The molecule has 0 saturated carbocycles. The van der Waals surface area contributed by atoms with Crippen LogP contribution in [0.2, 0.25) is 0 Å². The van der Waals surface area contributed by atoms with E-state index in [0.29, 0.717) is 0 Å². The first-order chi connectivity index (χ1) is 5.21. The predicted molar refractivity (Wildman–Crippen MR) is 36.0 cm³/mol. The number of unbranched alkanes of at least 4 members (excludes halogenated alkanes) is 1. The van der Waals surface area contributed by atoms with Crippen LogP contribution in [0.4, 0.5) is 13.2 Å². The number of hydrogen-bond acceptors (Lipinski definition) is 2. The van der Waals surface area contributed by atoms with Gasteiger partial charge in [0.2, 0.25) is 0 Å². The van der Waals surface area contributed by atoms with Crippen LogP contribution in [0, 0.1) is 6.42 Å². The van der Waals surface area contributed by atoms with Gasteiger partial charge in [-0.05, 0) is 0 Å². The van der Waals surface area contributed by atoms with Crippen LogP contribution >= 0.6 is 0 Å². The number of hydrogen-bond donors (Lipinski definition) is 1. The maximum Gasteiger partial charge on any atom is 0.428 e. The molecule has 0 amide bonds. The summed E-state index contributed by atoms with van der Waals surface area (Å²) in [5.74, 6) is -0.664. The molecule has 0 spiro atoms. The molecular formula is C5H8F3O3S+. The van der Waals surface area contributed by atoms with Crippen molar-refractivity contribution in [3.05, 3.63) is 6.42 Å². The minimum atomic E-state index is -4.31. The van der Waals surface area contributed by atoms with E-state index < -0.39 is 28.5 Å². The number of alkyl halides is 3. The summed E-state index contributed by atoms with van der Waals surface area (Å²) in [6.45, 7) is 0. The van der Waals surface area contributed by atoms with E-state index in [4.69, 9.17) is 4.55 Å². The van der Waals surface area contributed by atoms with Crippen molar-refractivity contribution >= 4 is 10.1 Å². The first-order valence-corrected chi connectivity index (χ1v) is 4.65. The van der Waals surface area contributed by atoms with Gasteiger partial charge in [0, 0.05) is 0 Å². The van der Waals surface area contributed by atoms with E-state index in [-0.39, 0.29) is 6.42 Å². The molecule has 0 radical (unpaired) electrons. The Labute approximate surface area is 68.3 Å². The molecule has 0 atom stereocenters. The fraction of sp³-hybridized carbons (Fsp3) is 0.800. The van der Waals surface area contributed by atoms with Gasteiger partial charge in [-0.2, -0.15) is 21.6 Å². The van der Waals surface area contributed by atoms with Gasteiger partial charge in [0.1, 0.15) is 12.2 Å². The zero-order valence-corrected chi connectivity index (χ0v) is 6.82. The quantitative estimate of drug-likeness (QED) is 0.429. The van der Waals surface area contributed by atoms with E-state index in [0.717, 1.165) is 6.42 Å². The second-order valence-corrected chi connectivity index (χ2v) is 3.75. The van der Waals surface area contributed by atoms with E-state index in [1.165, 1.54) is 0 Å². The summed E-state index contributed by atoms with van der Waals surface area (Å²) in [5, 5.41) is 0. The Hall–Kier alpha value is -0.430. The Morgan fingerprint density at radius 3 is 2.17 bits per heavy atom. The van der Waals surface area contributed by atoms with Crippen LogP contribution in [0.1, 0.15) is 12.8 Å². The largest absolute Gasteiger partial charge is 0.428 e. The Balaban J connectivity index is 3.48. The molecule has 0 aromatic heterocycles. The lowest BCUT2D eigenvalue weighted by atomic mass is 10.2. The average molecular weight is 205 g/mol. The van der Waals surface area contributed by atoms with Crippen LogP contribution in [0.25, 0.3) is 0 Å². The highest BCUT2D eigenvalue weighted by molar-refractivity contribution is 7.85. The third-order valence-corrected chi connectivity index (χ3v) is 1.71. The van der Waals surface area contributed by atoms with E-state index in [1.807, 2.05) is 0 Å². The van der Waals surface area contributed by atoms with Crippen molar-refractivity contribution in [2.24, 2.45) is 0 Å². The topological polar surface area (TPSA) is 54.4 Å². The predicted octanol–water partition coefficient (Wildman–Crippen LogP) is 1.42. The highest BCUT2D eigenvalue weighted by Crippen LogP contribution is 2.21. The van der Waals surface area contributed by atoms with Gasteiger partial charge < -0.3 is 0 Å². The molecule has 0 aromatic rings. The maximum absolute atomic E-state index is 11.4. The minimum absolute atomic E-state index is 0.293. The molecule has 0 rings (SSSR count). The Kier molecular flexibility index (Phi) is 3.85. The number of halogens is 3. The molecule has 0 bridgehead atoms. The molecule has 0 aliphatic rings. The zero-order valence-electron chi connectivity index (χ0n) is 6.00. The summed E-state index contributed by atoms with van der Waals surface area (Å²) in [6.07, 6.45) is -4.96. The normalized spacial score (nSPS) is 13.0. The standard InChI is InChI=1S/C5H7F3O3S/c6-5(7,8)3-1-2-4-12(9,10)11/h1H,2-4H2/p+1. The van der Waals surface area contributed by atoms with Crippen LogP contribution in [-0.2, 0) is 10.1 Å². The monoisotopic (exact) mass is 205 g/mol. The Morgan fingerprint density at radius 2 is 1.83 bits per heavy atom. The van der Waals surface area contributed by atoms with Gasteiger partial charge >= 0.3 is 6.18 Å². The van der Waals surface area contributed by atoms with Gasteiger partial charge in [0.15, 0.2) is 6.42 Å². The molecule has 0 saturated heterocycles. The van der Waals surface area contributed by atoms with Gasteiger partial charge in [0.05, 0.1) is 6.42 Å². The fourth-order valence-electron chi connectivity index (χ4n) is 0.498.